The lowest BCUT2D eigenvalue weighted by Gasteiger charge is -2.24. The van der Waals surface area contributed by atoms with E-state index in [1.165, 1.54) is 28.0 Å². The van der Waals surface area contributed by atoms with Crippen LogP contribution in [0.3, 0.4) is 0 Å². The number of allylic oxidation sites excluding steroid dienone is 1. The third kappa shape index (κ3) is 4.76. The highest BCUT2D eigenvalue weighted by Crippen LogP contribution is 2.31. The first-order valence-electron chi connectivity index (χ1n) is 13.4. The molecule has 0 spiro atoms. The predicted molar refractivity (Wildman–Crippen MR) is 159 cm³/mol. The van der Waals surface area contributed by atoms with Gasteiger partial charge in [-0.2, -0.15) is 5.26 Å². The van der Waals surface area contributed by atoms with Gasteiger partial charge in [0.25, 0.3) is 5.56 Å². The number of halogens is 1. The minimum absolute atomic E-state index is 0.166. The van der Waals surface area contributed by atoms with Crippen LogP contribution in [0.15, 0.2) is 100 Å². The number of esters is 1. The van der Waals surface area contributed by atoms with Crippen LogP contribution in [0, 0.1) is 17.1 Å². The summed E-state index contributed by atoms with van der Waals surface area (Å²) >= 11 is 1.23. The number of hydrogen-bond donors (Lipinski definition) is 0. The maximum Gasteiger partial charge on any atom is 0.338 e. The van der Waals surface area contributed by atoms with Crippen LogP contribution in [0.2, 0.25) is 0 Å². The van der Waals surface area contributed by atoms with Crippen LogP contribution in [0.25, 0.3) is 17.0 Å². The number of rotatable bonds is 6. The minimum Gasteiger partial charge on any atom is -0.463 e. The van der Waals surface area contributed by atoms with Gasteiger partial charge in [0.1, 0.15) is 5.82 Å². The lowest BCUT2D eigenvalue weighted by atomic mass is 9.96. The van der Waals surface area contributed by atoms with E-state index in [4.69, 9.17) is 4.74 Å². The van der Waals surface area contributed by atoms with Crippen LogP contribution in [0.4, 0.5) is 4.39 Å². The fourth-order valence-electron chi connectivity index (χ4n) is 5.37. The standard InChI is InChI=1S/C33H25FN4O3S/c1-3-41-32(40)29-20(2)36-33-38(30(29)21-12-14-25(34)15-13-21)31(39)28(42-33)16-24-19-37(27-11-7-6-10-26(24)27)18-23-9-5-4-8-22(23)17-35/h4-16,19,30H,3,18H2,1-2H3/b28-16-/t30-/m1/s1. The third-order valence-electron chi connectivity index (χ3n) is 7.29. The molecule has 0 fully saturated rings. The van der Waals surface area contributed by atoms with Gasteiger partial charge in [-0.05, 0) is 55.3 Å². The minimum atomic E-state index is -0.813. The van der Waals surface area contributed by atoms with Crippen molar-refractivity contribution in [1.82, 2.24) is 9.13 Å². The molecule has 1 aliphatic heterocycles. The van der Waals surface area contributed by atoms with E-state index in [0.29, 0.717) is 32.7 Å². The Bertz CT molecular complexity index is 2110. The van der Waals surface area contributed by atoms with Crippen molar-refractivity contribution in [3.63, 3.8) is 0 Å². The summed E-state index contributed by atoms with van der Waals surface area (Å²) < 4.78 is 23.2. The van der Waals surface area contributed by atoms with Crippen molar-refractivity contribution in [2.75, 3.05) is 6.61 Å². The van der Waals surface area contributed by atoms with Crippen molar-refractivity contribution < 1.29 is 13.9 Å². The number of fused-ring (bicyclic) bond motifs is 2. The fraction of sp³-hybridized carbons (Fsp3) is 0.152. The highest BCUT2D eigenvalue weighted by atomic mass is 32.1. The van der Waals surface area contributed by atoms with Gasteiger partial charge in [0.15, 0.2) is 4.80 Å². The number of carbonyl (C=O) groups is 1. The maximum absolute atomic E-state index is 14.0. The molecular weight excluding hydrogens is 551 g/mol. The number of thiazole rings is 1. The molecule has 0 saturated heterocycles. The number of nitrogens with zero attached hydrogens (tertiary/aromatic N) is 4. The molecule has 5 aromatic rings. The molecule has 1 aliphatic rings. The van der Waals surface area contributed by atoms with Gasteiger partial charge in [-0.3, -0.25) is 9.36 Å². The third-order valence-corrected chi connectivity index (χ3v) is 8.27. The zero-order valence-electron chi connectivity index (χ0n) is 22.9. The largest absolute Gasteiger partial charge is 0.463 e. The van der Waals surface area contributed by atoms with Crippen LogP contribution in [-0.2, 0) is 16.1 Å². The molecule has 0 aliphatic carbocycles. The smallest absolute Gasteiger partial charge is 0.338 e. The number of aromatic nitrogens is 2. The highest BCUT2D eigenvalue weighted by Gasteiger charge is 2.33. The van der Waals surface area contributed by atoms with E-state index < -0.39 is 17.8 Å². The monoisotopic (exact) mass is 576 g/mol. The van der Waals surface area contributed by atoms with Gasteiger partial charge >= 0.3 is 5.97 Å². The van der Waals surface area contributed by atoms with Crippen LogP contribution in [0.1, 0.15) is 42.1 Å². The second-order valence-electron chi connectivity index (χ2n) is 9.85. The normalized spacial score (nSPS) is 14.9. The van der Waals surface area contributed by atoms with Gasteiger partial charge in [0.2, 0.25) is 0 Å². The molecule has 42 heavy (non-hydrogen) atoms. The summed E-state index contributed by atoms with van der Waals surface area (Å²) in [7, 11) is 0. The number of nitriles is 1. The molecule has 0 radical (unpaired) electrons. The van der Waals surface area contributed by atoms with Crippen molar-refractivity contribution in [1.29, 1.82) is 5.26 Å². The number of hydrogen-bond acceptors (Lipinski definition) is 6. The first-order chi connectivity index (χ1) is 20.4. The Morgan fingerprint density at radius 3 is 2.62 bits per heavy atom. The first-order valence-corrected chi connectivity index (χ1v) is 14.2. The summed E-state index contributed by atoms with van der Waals surface area (Å²) in [6, 6.07) is 22.6. The molecule has 208 valence electrons. The molecule has 2 aromatic heterocycles. The molecule has 0 bridgehead atoms. The molecule has 3 heterocycles. The second-order valence-corrected chi connectivity index (χ2v) is 10.9. The van der Waals surface area contributed by atoms with E-state index in [1.807, 2.05) is 54.7 Å². The van der Waals surface area contributed by atoms with Crippen molar-refractivity contribution in [3.05, 3.63) is 138 Å². The molecule has 7 nitrogen and oxygen atoms in total. The van der Waals surface area contributed by atoms with E-state index in [-0.39, 0.29) is 17.7 Å². The summed E-state index contributed by atoms with van der Waals surface area (Å²) in [5.41, 5.74) is 4.27. The number of benzene rings is 3. The molecule has 0 N–H and O–H groups in total. The summed E-state index contributed by atoms with van der Waals surface area (Å²) in [6.07, 6.45) is 3.81. The summed E-state index contributed by atoms with van der Waals surface area (Å²) in [5.74, 6) is -0.985. The average Bonchev–Trinajstić information content (AvgIpc) is 3.49. The second kappa shape index (κ2) is 11.1. The molecule has 9 heteroatoms. The maximum atomic E-state index is 14.0. The summed E-state index contributed by atoms with van der Waals surface area (Å²) in [5, 5.41) is 10.5. The Kier molecular flexibility index (Phi) is 7.15. The predicted octanol–water partition coefficient (Wildman–Crippen LogP) is 4.81. The number of para-hydroxylation sites is 1. The first kappa shape index (κ1) is 27.1. The van der Waals surface area contributed by atoms with Crippen molar-refractivity contribution in [2.45, 2.75) is 26.4 Å². The lowest BCUT2D eigenvalue weighted by molar-refractivity contribution is -0.139. The van der Waals surface area contributed by atoms with Crippen molar-refractivity contribution in [2.24, 2.45) is 4.99 Å². The van der Waals surface area contributed by atoms with Gasteiger partial charge in [-0.1, -0.05) is 59.9 Å². The Hall–Kier alpha value is -5.07. The molecule has 1 atom stereocenters. The lowest BCUT2D eigenvalue weighted by Crippen LogP contribution is -2.39. The van der Waals surface area contributed by atoms with E-state index in [2.05, 4.69) is 15.6 Å². The van der Waals surface area contributed by atoms with Crippen LogP contribution < -0.4 is 14.9 Å². The van der Waals surface area contributed by atoms with Crippen LogP contribution >= 0.6 is 11.3 Å². The average molecular weight is 577 g/mol. The van der Waals surface area contributed by atoms with E-state index >= 15 is 0 Å². The molecule has 6 rings (SSSR count). The Labute approximate surface area is 244 Å². The molecule has 3 aromatic carbocycles. The number of ether oxygens (including phenoxy) is 1. The zero-order chi connectivity index (χ0) is 29.4. The van der Waals surface area contributed by atoms with E-state index in [1.54, 1.807) is 32.0 Å². The van der Waals surface area contributed by atoms with Gasteiger partial charge in [-0.25, -0.2) is 14.2 Å². The Balaban J connectivity index is 1.52. The van der Waals surface area contributed by atoms with Crippen LogP contribution in [-0.4, -0.2) is 21.7 Å². The highest BCUT2D eigenvalue weighted by molar-refractivity contribution is 7.07. The van der Waals surface area contributed by atoms with Crippen LogP contribution in [0.5, 0.6) is 0 Å². The summed E-state index contributed by atoms with van der Waals surface area (Å²) in [4.78, 5) is 32.1. The van der Waals surface area contributed by atoms with Crippen molar-refractivity contribution in [3.8, 4) is 6.07 Å². The van der Waals surface area contributed by atoms with Crippen molar-refractivity contribution >= 4 is 34.3 Å². The zero-order valence-corrected chi connectivity index (χ0v) is 23.7. The molecule has 0 saturated carbocycles. The van der Waals surface area contributed by atoms with E-state index in [9.17, 15) is 19.2 Å². The molecule has 0 amide bonds. The van der Waals surface area contributed by atoms with Gasteiger partial charge in [-0.15, -0.1) is 0 Å². The fourth-order valence-corrected chi connectivity index (χ4v) is 6.40. The number of carbonyl (C=O) groups excluding carboxylic acids is 1. The Morgan fingerprint density at radius 1 is 1.12 bits per heavy atom. The summed E-state index contributed by atoms with van der Waals surface area (Å²) in [6.45, 7) is 4.09. The topological polar surface area (TPSA) is 89.4 Å². The Morgan fingerprint density at radius 2 is 1.86 bits per heavy atom. The SMILES string of the molecule is CCOC(=O)C1=C(C)N=c2s/c(=C\c3cn(Cc4ccccc4C#N)c4ccccc34)c(=O)n2[C@@H]1c1ccc(F)cc1. The molecule has 0 unspecified atom stereocenters. The van der Waals surface area contributed by atoms with Gasteiger partial charge in [0.05, 0.1) is 40.1 Å². The quantitative estimate of drug-likeness (QED) is 0.272. The van der Waals surface area contributed by atoms with Gasteiger partial charge < -0.3 is 9.30 Å². The molecular formula is C33H25FN4O3S. The van der Waals surface area contributed by atoms with Gasteiger partial charge in [0, 0.05) is 29.2 Å². The van der Waals surface area contributed by atoms with E-state index in [0.717, 1.165) is 22.0 Å².